The van der Waals surface area contributed by atoms with Crippen molar-refractivity contribution < 1.29 is 0 Å². The highest BCUT2D eigenvalue weighted by Gasteiger charge is 2.26. The van der Waals surface area contributed by atoms with E-state index in [4.69, 9.17) is 23.2 Å². The van der Waals surface area contributed by atoms with Crippen molar-refractivity contribution in [3.8, 4) is 0 Å². The number of alkyl halides is 2. The van der Waals surface area contributed by atoms with Gasteiger partial charge < -0.3 is 5.32 Å². The lowest BCUT2D eigenvalue weighted by molar-refractivity contribution is 0.557. The van der Waals surface area contributed by atoms with Gasteiger partial charge >= 0.3 is 0 Å². The van der Waals surface area contributed by atoms with Crippen LogP contribution < -0.4 is 5.32 Å². The lowest BCUT2D eigenvalue weighted by atomic mass is 10.0. The van der Waals surface area contributed by atoms with Gasteiger partial charge in [0.25, 0.3) is 0 Å². The van der Waals surface area contributed by atoms with Gasteiger partial charge in [-0.15, -0.1) is 23.2 Å². The average molecular weight is 248 g/mol. The van der Waals surface area contributed by atoms with E-state index >= 15 is 0 Å². The third kappa shape index (κ3) is 3.21. The smallest absolute Gasteiger partial charge is 0.130 e. The fourth-order valence-electron chi connectivity index (χ4n) is 1.18. The first-order chi connectivity index (χ1) is 7.15. The molecule has 0 aliphatic rings. The predicted molar refractivity (Wildman–Crippen MR) is 64.9 cm³/mol. The van der Waals surface area contributed by atoms with Gasteiger partial charge in [-0.3, -0.25) is 0 Å². The molecule has 0 radical (unpaired) electrons. The molecule has 5 heteroatoms. The summed E-state index contributed by atoms with van der Waals surface area (Å²) in [6, 6.07) is 1.82. The lowest BCUT2D eigenvalue weighted by Crippen LogP contribution is -2.42. The molecule has 0 saturated carbocycles. The Hall–Kier alpha value is -0.540. The minimum atomic E-state index is -0.288. The first-order valence-electron chi connectivity index (χ1n) is 4.85. The summed E-state index contributed by atoms with van der Waals surface area (Å²) in [5.41, 5.74) is -0.288. The fraction of sp³-hybridized carbons (Fsp3) is 0.600. The SMILES string of the molecule is CCC(CCl)(CCl)Nc1ccnc(C)n1. The second-order valence-electron chi connectivity index (χ2n) is 3.52. The normalized spacial score (nSPS) is 11.5. The molecule has 0 unspecified atom stereocenters. The first kappa shape index (κ1) is 12.5. The zero-order valence-corrected chi connectivity index (χ0v) is 10.4. The Labute approximate surface area is 100 Å². The molecule has 84 valence electrons. The molecule has 0 aromatic carbocycles. The Morgan fingerprint density at radius 1 is 1.40 bits per heavy atom. The van der Waals surface area contributed by atoms with Crippen LogP contribution in [0.4, 0.5) is 5.82 Å². The Morgan fingerprint density at radius 2 is 2.07 bits per heavy atom. The lowest BCUT2D eigenvalue weighted by Gasteiger charge is -2.30. The summed E-state index contributed by atoms with van der Waals surface area (Å²) in [5.74, 6) is 2.41. The molecule has 1 N–H and O–H groups in total. The zero-order chi connectivity index (χ0) is 11.3. The highest BCUT2D eigenvalue weighted by atomic mass is 35.5. The molecule has 1 heterocycles. The van der Waals surface area contributed by atoms with Gasteiger partial charge in [0, 0.05) is 18.0 Å². The molecule has 15 heavy (non-hydrogen) atoms. The van der Waals surface area contributed by atoms with Gasteiger partial charge in [-0.05, 0) is 19.4 Å². The second-order valence-corrected chi connectivity index (χ2v) is 4.05. The van der Waals surface area contributed by atoms with Crippen molar-refractivity contribution in [2.45, 2.75) is 25.8 Å². The highest BCUT2D eigenvalue weighted by molar-refractivity contribution is 6.22. The van der Waals surface area contributed by atoms with Crippen LogP contribution in [0, 0.1) is 6.92 Å². The quantitative estimate of drug-likeness (QED) is 0.814. The van der Waals surface area contributed by atoms with Gasteiger partial charge in [-0.1, -0.05) is 6.92 Å². The number of hydrogen-bond donors (Lipinski definition) is 1. The largest absolute Gasteiger partial charge is 0.362 e. The minimum Gasteiger partial charge on any atom is -0.362 e. The Kier molecular flexibility index (Phi) is 4.61. The predicted octanol–water partition coefficient (Wildman–Crippen LogP) is 2.82. The molecule has 0 atom stereocenters. The van der Waals surface area contributed by atoms with Crippen LogP contribution in [0.1, 0.15) is 19.2 Å². The van der Waals surface area contributed by atoms with E-state index in [-0.39, 0.29) is 5.54 Å². The zero-order valence-electron chi connectivity index (χ0n) is 8.93. The molecule has 0 spiro atoms. The van der Waals surface area contributed by atoms with Gasteiger partial charge in [0.05, 0.1) is 5.54 Å². The minimum absolute atomic E-state index is 0.288. The van der Waals surface area contributed by atoms with E-state index in [2.05, 4.69) is 15.3 Å². The summed E-state index contributed by atoms with van der Waals surface area (Å²) >= 11 is 11.8. The van der Waals surface area contributed by atoms with Crippen molar-refractivity contribution in [2.24, 2.45) is 0 Å². The maximum atomic E-state index is 5.92. The van der Waals surface area contributed by atoms with Crippen LogP contribution in [0.5, 0.6) is 0 Å². The van der Waals surface area contributed by atoms with E-state index in [1.807, 2.05) is 19.9 Å². The van der Waals surface area contributed by atoms with Crippen molar-refractivity contribution >= 4 is 29.0 Å². The standard InChI is InChI=1S/C10H15Cl2N3/c1-3-10(6-11,7-12)15-9-4-5-13-8(2)14-9/h4-5H,3,6-7H2,1-2H3,(H,13,14,15). The molecule has 0 fully saturated rings. The Morgan fingerprint density at radius 3 is 2.53 bits per heavy atom. The molecule has 0 bridgehead atoms. The van der Waals surface area contributed by atoms with Gasteiger partial charge in [0.1, 0.15) is 11.6 Å². The Bertz CT molecular complexity index is 305. The number of nitrogens with zero attached hydrogens (tertiary/aromatic N) is 2. The maximum absolute atomic E-state index is 5.92. The molecule has 1 rings (SSSR count). The van der Waals surface area contributed by atoms with E-state index in [0.29, 0.717) is 11.8 Å². The maximum Gasteiger partial charge on any atom is 0.130 e. The molecule has 0 aliphatic heterocycles. The number of nitrogens with one attached hydrogen (secondary N) is 1. The number of hydrogen-bond acceptors (Lipinski definition) is 3. The van der Waals surface area contributed by atoms with E-state index in [0.717, 1.165) is 18.1 Å². The van der Waals surface area contributed by atoms with Crippen LogP contribution in [-0.2, 0) is 0 Å². The molecule has 1 aromatic rings. The van der Waals surface area contributed by atoms with Crippen LogP contribution in [0.25, 0.3) is 0 Å². The summed E-state index contributed by atoms with van der Waals surface area (Å²) < 4.78 is 0. The van der Waals surface area contributed by atoms with Crippen molar-refractivity contribution in [3.63, 3.8) is 0 Å². The average Bonchev–Trinajstić information content (AvgIpc) is 2.26. The van der Waals surface area contributed by atoms with Crippen LogP contribution in [0.15, 0.2) is 12.3 Å². The molecule has 0 saturated heterocycles. The summed E-state index contributed by atoms with van der Waals surface area (Å²) in [4.78, 5) is 8.29. The number of aryl methyl sites for hydroxylation is 1. The third-order valence-corrected chi connectivity index (χ3v) is 3.38. The number of aromatic nitrogens is 2. The highest BCUT2D eigenvalue weighted by Crippen LogP contribution is 2.20. The fourth-order valence-corrected chi connectivity index (χ4v) is 1.97. The number of halogens is 2. The van der Waals surface area contributed by atoms with Crippen LogP contribution in [0.3, 0.4) is 0 Å². The second kappa shape index (κ2) is 5.52. The number of anilines is 1. The molecule has 0 aliphatic carbocycles. The molecule has 3 nitrogen and oxygen atoms in total. The van der Waals surface area contributed by atoms with Gasteiger partial charge in [0.15, 0.2) is 0 Å². The van der Waals surface area contributed by atoms with E-state index in [1.54, 1.807) is 6.20 Å². The van der Waals surface area contributed by atoms with E-state index < -0.39 is 0 Å². The number of rotatable bonds is 5. The van der Waals surface area contributed by atoms with Crippen molar-refractivity contribution in [1.82, 2.24) is 9.97 Å². The van der Waals surface area contributed by atoms with Crippen molar-refractivity contribution in [3.05, 3.63) is 18.1 Å². The van der Waals surface area contributed by atoms with Crippen LogP contribution >= 0.6 is 23.2 Å². The van der Waals surface area contributed by atoms with Crippen LogP contribution in [-0.4, -0.2) is 27.3 Å². The van der Waals surface area contributed by atoms with Crippen LogP contribution in [0.2, 0.25) is 0 Å². The summed E-state index contributed by atoms with van der Waals surface area (Å²) in [7, 11) is 0. The monoisotopic (exact) mass is 247 g/mol. The topological polar surface area (TPSA) is 37.8 Å². The molecular formula is C10H15Cl2N3. The van der Waals surface area contributed by atoms with Gasteiger partial charge in [-0.25, -0.2) is 9.97 Å². The van der Waals surface area contributed by atoms with Crippen molar-refractivity contribution in [2.75, 3.05) is 17.1 Å². The summed E-state index contributed by atoms with van der Waals surface area (Å²) in [6.07, 6.45) is 2.57. The van der Waals surface area contributed by atoms with Gasteiger partial charge in [-0.2, -0.15) is 0 Å². The summed E-state index contributed by atoms with van der Waals surface area (Å²) in [6.45, 7) is 3.89. The summed E-state index contributed by atoms with van der Waals surface area (Å²) in [5, 5.41) is 3.27. The molecule has 1 aromatic heterocycles. The Balaban J connectivity index is 2.82. The van der Waals surface area contributed by atoms with Crippen molar-refractivity contribution in [1.29, 1.82) is 0 Å². The van der Waals surface area contributed by atoms with E-state index in [9.17, 15) is 0 Å². The third-order valence-electron chi connectivity index (χ3n) is 2.36. The molecule has 0 amide bonds. The van der Waals surface area contributed by atoms with Gasteiger partial charge in [0.2, 0.25) is 0 Å². The van der Waals surface area contributed by atoms with E-state index in [1.165, 1.54) is 0 Å². The molecular weight excluding hydrogens is 233 g/mol. The first-order valence-corrected chi connectivity index (χ1v) is 5.92.